The molecule has 1 aromatic carbocycles. The first-order valence-corrected chi connectivity index (χ1v) is 7.84. The van der Waals surface area contributed by atoms with E-state index in [4.69, 9.17) is 14.9 Å². The van der Waals surface area contributed by atoms with Gasteiger partial charge in [0.1, 0.15) is 17.6 Å². The number of carbonyl (C=O) groups excluding carboxylic acids is 1. The molecule has 0 fully saturated rings. The van der Waals surface area contributed by atoms with Crippen LogP contribution in [-0.2, 0) is 6.54 Å². The summed E-state index contributed by atoms with van der Waals surface area (Å²) in [6.45, 7) is 1.70. The molecule has 1 amide bonds. The highest BCUT2D eigenvalue weighted by molar-refractivity contribution is 9.10. The van der Waals surface area contributed by atoms with Crippen molar-refractivity contribution in [3.05, 3.63) is 51.9 Å². The summed E-state index contributed by atoms with van der Waals surface area (Å²) in [7, 11) is 2.06. The maximum absolute atomic E-state index is 11.2. The number of fused-ring (bicyclic) bond motifs is 1. The minimum Gasteiger partial charge on any atom is -0.484 e. The van der Waals surface area contributed by atoms with Crippen molar-refractivity contribution in [3.8, 4) is 5.75 Å². The summed E-state index contributed by atoms with van der Waals surface area (Å²) >= 11 is 3.44. The van der Waals surface area contributed by atoms with Crippen LogP contribution >= 0.6 is 28.3 Å². The zero-order chi connectivity index (χ0) is 15.7. The predicted octanol–water partition coefficient (Wildman–Crippen LogP) is 3.52. The molecule has 1 unspecified atom stereocenters. The smallest absolute Gasteiger partial charge is 0.248 e. The lowest BCUT2D eigenvalue weighted by atomic mass is 10.1. The Labute approximate surface area is 149 Å². The van der Waals surface area contributed by atoms with Crippen LogP contribution in [0.1, 0.15) is 34.2 Å². The standard InChI is InChI=1S/C16H17BrN2O3.ClH/c1-19-6-4-13(11-5-7-21-15(11)9-19)22-14-3-2-10(16(18)20)8-12(14)17;/h2-3,5,7-8,13H,4,6,9H2,1H3,(H2,18,20);1H. The van der Waals surface area contributed by atoms with Crippen LogP contribution in [0, 0.1) is 0 Å². The Morgan fingerprint density at radius 1 is 1.43 bits per heavy atom. The van der Waals surface area contributed by atoms with Crippen LogP contribution in [0.2, 0.25) is 0 Å². The molecule has 0 bridgehead atoms. The molecule has 1 aromatic heterocycles. The van der Waals surface area contributed by atoms with Crippen LogP contribution in [0.5, 0.6) is 5.75 Å². The molecule has 0 radical (unpaired) electrons. The number of rotatable bonds is 3. The number of hydrogen-bond donors (Lipinski definition) is 1. The summed E-state index contributed by atoms with van der Waals surface area (Å²) in [5, 5.41) is 0. The van der Waals surface area contributed by atoms with E-state index < -0.39 is 5.91 Å². The fourth-order valence-corrected chi connectivity index (χ4v) is 3.08. The number of amides is 1. The normalized spacial score (nSPS) is 17.7. The number of furan rings is 1. The van der Waals surface area contributed by atoms with Crippen molar-refractivity contribution < 1.29 is 13.9 Å². The third kappa shape index (κ3) is 3.88. The van der Waals surface area contributed by atoms with Crippen molar-refractivity contribution in [1.82, 2.24) is 4.90 Å². The first-order chi connectivity index (χ1) is 10.5. The van der Waals surface area contributed by atoms with E-state index in [1.165, 1.54) is 0 Å². The maximum Gasteiger partial charge on any atom is 0.248 e. The fourth-order valence-electron chi connectivity index (χ4n) is 2.61. The van der Waals surface area contributed by atoms with Crippen LogP contribution in [0.4, 0.5) is 0 Å². The van der Waals surface area contributed by atoms with Gasteiger partial charge in [0, 0.05) is 24.1 Å². The van der Waals surface area contributed by atoms with Crippen LogP contribution in [-0.4, -0.2) is 24.4 Å². The van der Waals surface area contributed by atoms with Crippen molar-refractivity contribution in [2.75, 3.05) is 13.6 Å². The number of benzene rings is 1. The molecule has 5 nitrogen and oxygen atoms in total. The van der Waals surface area contributed by atoms with Crippen LogP contribution in [0.3, 0.4) is 0 Å². The SMILES string of the molecule is CN1CCC(Oc2ccc(C(N)=O)cc2Br)c2ccoc2C1.Cl. The molecule has 124 valence electrons. The molecule has 0 saturated heterocycles. The largest absolute Gasteiger partial charge is 0.484 e. The van der Waals surface area contributed by atoms with Crippen molar-refractivity contribution in [2.24, 2.45) is 5.73 Å². The summed E-state index contributed by atoms with van der Waals surface area (Å²) in [6.07, 6.45) is 2.49. The second kappa shape index (κ2) is 7.38. The topological polar surface area (TPSA) is 68.7 Å². The lowest BCUT2D eigenvalue weighted by Crippen LogP contribution is -2.18. The van der Waals surface area contributed by atoms with Gasteiger partial charge in [0.25, 0.3) is 0 Å². The van der Waals surface area contributed by atoms with Gasteiger partial charge in [-0.05, 0) is 47.2 Å². The summed E-state index contributed by atoms with van der Waals surface area (Å²) in [4.78, 5) is 13.4. The Kier molecular flexibility index (Phi) is 5.73. The number of halogens is 2. The second-order valence-corrected chi connectivity index (χ2v) is 6.30. The Bertz CT molecular complexity index is 704. The van der Waals surface area contributed by atoms with Crippen LogP contribution < -0.4 is 10.5 Å². The summed E-state index contributed by atoms with van der Waals surface area (Å²) in [5.41, 5.74) is 6.81. The zero-order valence-electron chi connectivity index (χ0n) is 12.6. The fraction of sp³-hybridized carbons (Fsp3) is 0.312. The second-order valence-electron chi connectivity index (χ2n) is 5.44. The van der Waals surface area contributed by atoms with Crippen LogP contribution in [0.15, 0.2) is 39.4 Å². The first kappa shape index (κ1) is 17.8. The first-order valence-electron chi connectivity index (χ1n) is 7.05. The molecule has 0 spiro atoms. The van der Waals surface area contributed by atoms with Gasteiger partial charge >= 0.3 is 0 Å². The van der Waals surface area contributed by atoms with E-state index in [1.54, 1.807) is 24.5 Å². The Morgan fingerprint density at radius 2 is 2.22 bits per heavy atom. The number of nitrogens with zero attached hydrogens (tertiary/aromatic N) is 1. The molecule has 2 aromatic rings. The van der Waals surface area contributed by atoms with E-state index in [9.17, 15) is 4.79 Å². The number of hydrogen-bond acceptors (Lipinski definition) is 4. The number of ether oxygens (including phenoxy) is 1. The highest BCUT2D eigenvalue weighted by Gasteiger charge is 2.25. The highest BCUT2D eigenvalue weighted by Crippen LogP contribution is 2.35. The molecule has 2 heterocycles. The summed E-state index contributed by atoms with van der Waals surface area (Å²) in [5.74, 6) is 1.17. The van der Waals surface area contributed by atoms with E-state index in [0.29, 0.717) is 15.8 Å². The van der Waals surface area contributed by atoms with Gasteiger partial charge in [0.05, 0.1) is 17.3 Å². The van der Waals surface area contributed by atoms with Gasteiger partial charge in [0.2, 0.25) is 5.91 Å². The summed E-state index contributed by atoms with van der Waals surface area (Å²) < 4.78 is 12.4. The van der Waals surface area contributed by atoms with Gasteiger partial charge in [-0.25, -0.2) is 0 Å². The van der Waals surface area contributed by atoms with E-state index in [0.717, 1.165) is 30.8 Å². The molecule has 1 aliphatic rings. The monoisotopic (exact) mass is 400 g/mol. The zero-order valence-corrected chi connectivity index (χ0v) is 15.0. The minimum atomic E-state index is -0.458. The van der Waals surface area contributed by atoms with Gasteiger partial charge in [-0.3, -0.25) is 9.69 Å². The Hall–Kier alpha value is -1.50. The Morgan fingerprint density at radius 3 is 2.91 bits per heavy atom. The van der Waals surface area contributed by atoms with E-state index in [2.05, 4.69) is 27.9 Å². The van der Waals surface area contributed by atoms with Crippen molar-refractivity contribution in [1.29, 1.82) is 0 Å². The third-order valence-electron chi connectivity index (χ3n) is 3.80. The number of primary amides is 1. The minimum absolute atomic E-state index is 0. The third-order valence-corrected chi connectivity index (χ3v) is 4.42. The van der Waals surface area contributed by atoms with Crippen molar-refractivity contribution in [2.45, 2.75) is 19.1 Å². The van der Waals surface area contributed by atoms with E-state index in [1.807, 2.05) is 6.07 Å². The molecule has 23 heavy (non-hydrogen) atoms. The molecule has 1 aliphatic heterocycles. The quantitative estimate of drug-likeness (QED) is 0.854. The number of carbonyl (C=O) groups is 1. The van der Waals surface area contributed by atoms with Gasteiger partial charge in [-0.2, -0.15) is 0 Å². The average Bonchev–Trinajstić information content (AvgIpc) is 2.87. The highest BCUT2D eigenvalue weighted by atomic mass is 79.9. The molecular formula is C16H18BrClN2O3. The molecule has 0 aliphatic carbocycles. The van der Waals surface area contributed by atoms with Gasteiger partial charge in [-0.1, -0.05) is 0 Å². The van der Waals surface area contributed by atoms with E-state index >= 15 is 0 Å². The molecule has 1 atom stereocenters. The molecule has 7 heteroatoms. The van der Waals surface area contributed by atoms with Crippen molar-refractivity contribution in [3.63, 3.8) is 0 Å². The molecule has 0 saturated carbocycles. The van der Waals surface area contributed by atoms with Gasteiger partial charge in [0.15, 0.2) is 0 Å². The molecular weight excluding hydrogens is 384 g/mol. The Balaban J connectivity index is 0.00000192. The molecule has 3 rings (SSSR count). The lowest BCUT2D eigenvalue weighted by molar-refractivity contribution is 0.1000. The predicted molar refractivity (Wildman–Crippen MR) is 92.9 cm³/mol. The van der Waals surface area contributed by atoms with Crippen LogP contribution in [0.25, 0.3) is 0 Å². The molecule has 2 N–H and O–H groups in total. The van der Waals surface area contributed by atoms with Gasteiger partial charge in [-0.15, -0.1) is 12.4 Å². The maximum atomic E-state index is 11.2. The number of nitrogens with two attached hydrogens (primary N) is 1. The summed E-state index contributed by atoms with van der Waals surface area (Å²) in [6, 6.07) is 7.07. The van der Waals surface area contributed by atoms with E-state index in [-0.39, 0.29) is 18.5 Å². The van der Waals surface area contributed by atoms with Crippen molar-refractivity contribution >= 4 is 34.2 Å². The lowest BCUT2D eigenvalue weighted by Gasteiger charge is -2.19. The average molecular weight is 402 g/mol. The van der Waals surface area contributed by atoms with Gasteiger partial charge < -0.3 is 14.9 Å².